The van der Waals surface area contributed by atoms with Gasteiger partial charge in [-0.05, 0) is 68.7 Å². The molecule has 0 amide bonds. The van der Waals surface area contributed by atoms with E-state index < -0.39 is 0 Å². The summed E-state index contributed by atoms with van der Waals surface area (Å²) in [6.07, 6.45) is 1.47. The summed E-state index contributed by atoms with van der Waals surface area (Å²) in [4.78, 5) is 32.4. The van der Waals surface area contributed by atoms with Crippen LogP contribution < -0.4 is 10.3 Å². The highest BCUT2D eigenvalue weighted by Gasteiger charge is 2.18. The molecule has 0 radical (unpaired) electrons. The minimum atomic E-state index is -0.193. The zero-order valence-electron chi connectivity index (χ0n) is 18.1. The minimum absolute atomic E-state index is 0.0585. The first-order valence-corrected chi connectivity index (χ1v) is 11.0. The number of aromatic nitrogens is 2. The number of thiophene rings is 1. The minimum Gasteiger partial charge on any atom is -0.494 e. The van der Waals surface area contributed by atoms with E-state index in [2.05, 4.69) is 31.0 Å². The van der Waals surface area contributed by atoms with E-state index in [-0.39, 0.29) is 17.9 Å². The number of benzene rings is 2. The molecule has 2 aromatic heterocycles. The normalized spacial score (nSPS) is 11.1. The second kappa shape index (κ2) is 8.47. The smallest absolute Gasteiger partial charge is 0.263 e. The summed E-state index contributed by atoms with van der Waals surface area (Å²) in [6.45, 7) is 8.56. The maximum atomic E-state index is 13.4. The molecular formula is C25H24N2O3S. The number of fused-ring (bicyclic) bond motifs is 1. The molecule has 0 aliphatic carbocycles. The summed E-state index contributed by atoms with van der Waals surface area (Å²) in [7, 11) is 0. The van der Waals surface area contributed by atoms with Crippen LogP contribution >= 0.6 is 11.3 Å². The summed E-state index contributed by atoms with van der Waals surface area (Å²) in [5.41, 5.74) is 4.63. The van der Waals surface area contributed by atoms with Gasteiger partial charge in [0, 0.05) is 16.0 Å². The number of carbonyl (C=O) groups is 1. The third-order valence-corrected chi connectivity index (χ3v) is 6.46. The van der Waals surface area contributed by atoms with Gasteiger partial charge in [-0.2, -0.15) is 0 Å². The van der Waals surface area contributed by atoms with E-state index >= 15 is 0 Å². The van der Waals surface area contributed by atoms with Crippen molar-refractivity contribution < 1.29 is 9.53 Å². The number of hydrogen-bond acceptors (Lipinski definition) is 5. The third-order valence-electron chi connectivity index (χ3n) is 5.45. The van der Waals surface area contributed by atoms with Crippen LogP contribution in [0.1, 0.15) is 33.3 Å². The Morgan fingerprint density at radius 3 is 2.48 bits per heavy atom. The van der Waals surface area contributed by atoms with Crippen molar-refractivity contribution in [3.8, 4) is 16.9 Å². The molecule has 2 aromatic carbocycles. The number of hydrogen-bond donors (Lipinski definition) is 0. The van der Waals surface area contributed by atoms with E-state index in [1.165, 1.54) is 33.4 Å². The van der Waals surface area contributed by atoms with E-state index in [1.54, 1.807) is 24.3 Å². The Balaban J connectivity index is 1.73. The number of nitrogens with zero attached hydrogens (tertiary/aromatic N) is 2. The zero-order chi connectivity index (χ0) is 22.1. The van der Waals surface area contributed by atoms with E-state index in [9.17, 15) is 9.59 Å². The quantitative estimate of drug-likeness (QED) is 0.386. The van der Waals surface area contributed by atoms with Crippen LogP contribution in [-0.4, -0.2) is 21.9 Å². The number of rotatable bonds is 6. The summed E-state index contributed by atoms with van der Waals surface area (Å²) in [5, 5.41) is 0.577. The van der Waals surface area contributed by atoms with E-state index in [4.69, 9.17) is 4.74 Å². The molecule has 0 unspecified atom stereocenters. The largest absolute Gasteiger partial charge is 0.494 e. The monoisotopic (exact) mass is 432 g/mol. The van der Waals surface area contributed by atoms with Crippen LogP contribution in [0.5, 0.6) is 5.75 Å². The average molecular weight is 433 g/mol. The Morgan fingerprint density at radius 2 is 1.81 bits per heavy atom. The Morgan fingerprint density at radius 1 is 1.06 bits per heavy atom. The lowest BCUT2D eigenvalue weighted by atomic mass is 9.99. The summed E-state index contributed by atoms with van der Waals surface area (Å²) in [5.74, 6) is 0.567. The highest BCUT2D eigenvalue weighted by Crippen LogP contribution is 2.36. The van der Waals surface area contributed by atoms with Crippen molar-refractivity contribution in [3.63, 3.8) is 0 Å². The van der Waals surface area contributed by atoms with E-state index in [0.29, 0.717) is 28.1 Å². The maximum Gasteiger partial charge on any atom is 0.263 e. The van der Waals surface area contributed by atoms with Crippen molar-refractivity contribution in [1.82, 2.24) is 9.55 Å². The van der Waals surface area contributed by atoms with Crippen LogP contribution in [0, 0.1) is 20.8 Å². The fourth-order valence-electron chi connectivity index (χ4n) is 3.64. The van der Waals surface area contributed by atoms with Crippen LogP contribution in [0.3, 0.4) is 0 Å². The third kappa shape index (κ3) is 4.03. The van der Waals surface area contributed by atoms with Crippen LogP contribution in [0.25, 0.3) is 21.3 Å². The fourth-order valence-corrected chi connectivity index (χ4v) is 4.65. The zero-order valence-corrected chi connectivity index (χ0v) is 18.9. The van der Waals surface area contributed by atoms with Crippen molar-refractivity contribution in [2.45, 2.75) is 34.2 Å². The Hall–Kier alpha value is -3.25. The standard InChI is InChI=1S/C25H24N2O3S/c1-5-30-20-10-8-18(9-11-20)21(28)13-27-14-26-24-23(25(27)29)22(17(4)31-24)19-7-6-15(2)16(3)12-19/h6-12,14H,5,13H2,1-4H3. The molecule has 0 bridgehead atoms. The first-order chi connectivity index (χ1) is 14.9. The first-order valence-electron chi connectivity index (χ1n) is 10.2. The van der Waals surface area contributed by atoms with Gasteiger partial charge in [-0.15, -0.1) is 11.3 Å². The predicted octanol–water partition coefficient (Wildman–Crippen LogP) is 5.33. The molecule has 0 saturated heterocycles. The topological polar surface area (TPSA) is 61.2 Å². The number of Topliss-reactive ketones (excluding diaryl/α,β-unsaturated/α-hetero) is 1. The molecule has 2 heterocycles. The van der Waals surface area contributed by atoms with Crippen molar-refractivity contribution in [2.24, 2.45) is 0 Å². The number of carbonyl (C=O) groups excluding carboxylic acids is 1. The van der Waals surface area contributed by atoms with Crippen molar-refractivity contribution in [3.05, 3.63) is 80.7 Å². The molecule has 5 nitrogen and oxygen atoms in total. The summed E-state index contributed by atoms with van der Waals surface area (Å²) >= 11 is 1.50. The van der Waals surface area contributed by atoms with Gasteiger partial charge in [0.05, 0.1) is 24.9 Å². The fraction of sp³-hybridized carbons (Fsp3) is 0.240. The SMILES string of the molecule is CCOc1ccc(C(=O)Cn2cnc3sc(C)c(-c4ccc(C)c(C)c4)c3c2=O)cc1. The van der Waals surface area contributed by atoms with Crippen LogP contribution in [0.2, 0.25) is 0 Å². The highest BCUT2D eigenvalue weighted by atomic mass is 32.1. The molecule has 0 saturated carbocycles. The van der Waals surface area contributed by atoms with Gasteiger partial charge in [0.15, 0.2) is 5.78 Å². The van der Waals surface area contributed by atoms with Gasteiger partial charge in [-0.25, -0.2) is 4.98 Å². The molecule has 6 heteroatoms. The second-order valence-electron chi connectivity index (χ2n) is 7.57. The molecule has 0 atom stereocenters. The molecule has 0 spiro atoms. The van der Waals surface area contributed by atoms with Crippen LogP contribution in [0.15, 0.2) is 53.6 Å². The van der Waals surface area contributed by atoms with Gasteiger partial charge in [0.1, 0.15) is 10.6 Å². The first kappa shape index (κ1) is 21.0. The number of ketones is 1. The molecule has 4 aromatic rings. The van der Waals surface area contributed by atoms with Crippen molar-refractivity contribution in [1.29, 1.82) is 0 Å². The van der Waals surface area contributed by atoms with Crippen molar-refractivity contribution >= 4 is 27.3 Å². The maximum absolute atomic E-state index is 13.4. The Kier molecular flexibility index (Phi) is 5.74. The number of aryl methyl sites for hydroxylation is 3. The number of ether oxygens (including phenoxy) is 1. The van der Waals surface area contributed by atoms with Crippen molar-refractivity contribution in [2.75, 3.05) is 6.61 Å². The lowest BCUT2D eigenvalue weighted by Gasteiger charge is -2.08. The lowest BCUT2D eigenvalue weighted by Crippen LogP contribution is -2.24. The Bertz CT molecular complexity index is 1330. The molecule has 0 aliphatic rings. The van der Waals surface area contributed by atoms with Gasteiger partial charge in [-0.1, -0.05) is 18.2 Å². The van der Waals surface area contributed by atoms with E-state index in [0.717, 1.165) is 16.0 Å². The van der Waals surface area contributed by atoms with E-state index in [1.807, 2.05) is 19.9 Å². The van der Waals surface area contributed by atoms with Gasteiger partial charge >= 0.3 is 0 Å². The Labute approximate surface area is 185 Å². The van der Waals surface area contributed by atoms with Gasteiger partial charge in [0.2, 0.25) is 0 Å². The summed E-state index contributed by atoms with van der Waals surface area (Å²) in [6, 6.07) is 13.2. The molecule has 31 heavy (non-hydrogen) atoms. The van der Waals surface area contributed by atoms with Crippen LogP contribution in [0.4, 0.5) is 0 Å². The molecular weight excluding hydrogens is 408 g/mol. The average Bonchev–Trinajstić information content (AvgIpc) is 3.09. The van der Waals surface area contributed by atoms with Gasteiger partial charge in [-0.3, -0.25) is 14.2 Å². The summed E-state index contributed by atoms with van der Waals surface area (Å²) < 4.78 is 6.82. The second-order valence-corrected chi connectivity index (χ2v) is 8.77. The molecule has 0 aliphatic heterocycles. The molecule has 0 N–H and O–H groups in total. The van der Waals surface area contributed by atoms with Crippen LogP contribution in [-0.2, 0) is 6.54 Å². The lowest BCUT2D eigenvalue weighted by molar-refractivity contribution is 0.0970. The highest BCUT2D eigenvalue weighted by molar-refractivity contribution is 7.19. The molecule has 158 valence electrons. The van der Waals surface area contributed by atoms with Gasteiger partial charge < -0.3 is 4.74 Å². The predicted molar refractivity (Wildman–Crippen MR) is 125 cm³/mol. The van der Waals surface area contributed by atoms with Gasteiger partial charge in [0.25, 0.3) is 5.56 Å². The molecule has 4 rings (SSSR count). The molecule has 0 fully saturated rings.